The molecule has 0 radical (unpaired) electrons. The highest BCUT2D eigenvalue weighted by Gasteiger charge is 2.66. The van der Waals surface area contributed by atoms with E-state index in [2.05, 4.69) is 80.6 Å². The van der Waals surface area contributed by atoms with Crippen LogP contribution in [0.25, 0.3) is 0 Å². The van der Waals surface area contributed by atoms with Crippen LogP contribution in [0.2, 0.25) is 0 Å². The molecule has 124 heavy (non-hydrogen) atoms. The maximum absolute atomic E-state index is 13.2. The zero-order valence-corrected chi connectivity index (χ0v) is 74.4. The quantitative estimate of drug-likeness (QED) is 0.0208. The van der Waals surface area contributed by atoms with Crippen molar-refractivity contribution in [2.24, 2.45) is 52.3 Å². The smallest absolute Gasteiger partial charge is 0.347 e. The molecule has 8 rings (SSSR count). The summed E-state index contributed by atoms with van der Waals surface area (Å²) in [6.07, 6.45) is -63.1. The number of hydrogen-bond donors (Lipinski definition) is 13. The summed E-state index contributed by atoms with van der Waals surface area (Å²) in [6.45, 7) is 2.20. The SMILES string of the molecule is CC(C)CCCC(C)[C@H]1CC[C@@H]2[C@H]3CC[C@@H]4CC(OC5OC(COS(=O)(=O)O)C(OC6OC(COS(=O)(=O)O)C(OC7OC(COS(=O)(=O)O)C(OC8OC(COS(=O)(=O)O)C(OS(=O)(=O)O)C(OS(=O)(=O)O)C8OS(=O)(=O)O)C(OS(=O)(=O)O)C7OS(=O)(=O)O)C(OS(=O)(=O)O)C6OS(=O)(=O)O)C(OS(=O)(=O)O)C5OS(=O)(=O)O)CC[C@@]4(C)[C@H]3CC[C@@]12C. The van der Waals surface area contributed by atoms with Gasteiger partial charge in [0.25, 0.3) is 0 Å². The van der Waals surface area contributed by atoms with Gasteiger partial charge in [-0.3, -0.25) is 59.2 Å². The van der Waals surface area contributed by atoms with Gasteiger partial charge >= 0.3 is 135 Å². The largest absolute Gasteiger partial charge is 0.397 e. The normalized spacial score (nSPS) is 37.1. The van der Waals surface area contributed by atoms with Crippen molar-refractivity contribution in [3.63, 3.8) is 0 Å². The van der Waals surface area contributed by atoms with Crippen LogP contribution in [-0.4, -0.2) is 324 Å². The van der Waals surface area contributed by atoms with E-state index >= 15 is 0 Å². The highest BCUT2D eigenvalue weighted by atomic mass is 32.3. The van der Waals surface area contributed by atoms with E-state index in [1.807, 2.05) is 0 Å². The van der Waals surface area contributed by atoms with Crippen molar-refractivity contribution in [2.75, 3.05) is 26.4 Å². The highest BCUT2D eigenvalue weighted by Crippen LogP contribution is 2.69. The summed E-state index contributed by atoms with van der Waals surface area (Å²) in [6, 6.07) is 0. The van der Waals surface area contributed by atoms with Crippen molar-refractivity contribution in [1.29, 1.82) is 0 Å². The third-order valence-electron chi connectivity index (χ3n) is 22.0. The zero-order valence-electron chi connectivity index (χ0n) is 63.8. The van der Waals surface area contributed by atoms with Crippen LogP contribution < -0.4 is 0 Å². The van der Waals surface area contributed by atoms with Crippen molar-refractivity contribution < 1.29 is 261 Å². The first-order valence-corrected chi connectivity index (χ1v) is 53.3. The molecule has 0 amide bonds. The molecule has 4 saturated heterocycles. The first-order chi connectivity index (χ1) is 55.9. The number of fused-ring (bicyclic) bond motifs is 5. The van der Waals surface area contributed by atoms with E-state index < -0.39 is 296 Å². The van der Waals surface area contributed by atoms with Crippen LogP contribution in [0.5, 0.6) is 0 Å². The van der Waals surface area contributed by atoms with Crippen molar-refractivity contribution in [1.82, 2.24) is 0 Å². The number of hydrogen-bond acceptors (Lipinski definition) is 47. The second-order valence-corrected chi connectivity index (χ2v) is 44.2. The van der Waals surface area contributed by atoms with Gasteiger partial charge in [-0.05, 0) is 110 Å². The molecule has 8 aliphatic rings. The van der Waals surface area contributed by atoms with Gasteiger partial charge in [0.15, 0.2) is 49.6 Å². The molecule has 73 heteroatoms. The van der Waals surface area contributed by atoms with Crippen molar-refractivity contribution in [3.05, 3.63) is 0 Å². The Hall–Kier alpha value is -2.01. The van der Waals surface area contributed by atoms with Crippen LogP contribution in [-0.2, 0) is 227 Å². The first-order valence-electron chi connectivity index (χ1n) is 35.6. The van der Waals surface area contributed by atoms with E-state index in [1.54, 1.807) is 0 Å². The van der Waals surface area contributed by atoms with Gasteiger partial charge in [-0.2, -0.15) is 109 Å². The summed E-state index contributed by atoms with van der Waals surface area (Å²) in [5, 5.41) is 0. The molecule has 13 N–H and O–H groups in total. The van der Waals surface area contributed by atoms with Gasteiger partial charge in [-0.25, -0.2) is 54.4 Å². The molecule has 60 nitrogen and oxygen atoms in total. The third kappa shape index (κ3) is 31.8. The second kappa shape index (κ2) is 39.9. The average molecular weight is 2080 g/mol. The molecule has 0 bridgehead atoms. The van der Waals surface area contributed by atoms with Gasteiger partial charge < -0.3 is 37.9 Å². The maximum atomic E-state index is 13.2. The summed E-state index contributed by atoms with van der Waals surface area (Å²) in [5.41, 5.74) is -0.420. The number of ether oxygens (including phenoxy) is 8. The molecule has 4 heterocycles. The minimum atomic E-state index is -6.78. The van der Waals surface area contributed by atoms with Gasteiger partial charge in [0.05, 0.1) is 32.5 Å². The monoisotopic (exact) mass is 2080 g/mol. The van der Waals surface area contributed by atoms with Gasteiger partial charge in [0.1, 0.15) is 73.2 Å². The topological polar surface area (TPSA) is 901 Å². The molecule has 4 aliphatic heterocycles. The second-order valence-electron chi connectivity index (χ2n) is 30.4. The van der Waals surface area contributed by atoms with Crippen LogP contribution in [0, 0.1) is 52.3 Å². The van der Waals surface area contributed by atoms with Crippen molar-refractivity contribution >= 4 is 135 Å². The van der Waals surface area contributed by atoms with E-state index in [1.165, 1.54) is 0 Å². The molecule has 0 aromatic rings. The molecule has 0 aromatic heterocycles. The lowest BCUT2D eigenvalue weighted by atomic mass is 9.44. The Morgan fingerprint density at radius 3 is 0.879 bits per heavy atom. The Balaban J connectivity index is 1.25. The summed E-state index contributed by atoms with van der Waals surface area (Å²) in [5.74, 6) is 1.91. The molecule has 4 aliphatic carbocycles. The van der Waals surface area contributed by atoms with Crippen LogP contribution in [0.1, 0.15) is 112 Å². The molecule has 4 saturated carbocycles. The Bertz CT molecular complexity index is 5310. The van der Waals surface area contributed by atoms with Gasteiger partial charge in [0.2, 0.25) is 0 Å². The van der Waals surface area contributed by atoms with E-state index in [0.29, 0.717) is 42.9 Å². The number of rotatable bonds is 43. The van der Waals surface area contributed by atoms with E-state index in [9.17, 15) is 169 Å². The molecule has 22 unspecified atom stereocenters. The Morgan fingerprint density at radius 2 is 0.573 bits per heavy atom. The maximum Gasteiger partial charge on any atom is 0.397 e. The highest BCUT2D eigenvalue weighted by molar-refractivity contribution is 7.83. The Labute approximate surface area is 710 Å². The Morgan fingerprint density at radius 1 is 0.298 bits per heavy atom. The van der Waals surface area contributed by atoms with Crippen LogP contribution in [0.4, 0.5) is 0 Å². The molecular weight excluding hydrogens is 1990 g/mol. The molecule has 29 atom stereocenters. The predicted octanol–water partition coefficient (Wildman–Crippen LogP) is -3.48. The third-order valence-corrected chi connectivity index (χ3v) is 27.9. The average Bonchev–Trinajstić information content (AvgIpc) is 1.47. The molecule has 8 fully saturated rings. The fourth-order valence-electron chi connectivity index (χ4n) is 17.8. The lowest BCUT2D eigenvalue weighted by Crippen LogP contribution is -2.69. The lowest BCUT2D eigenvalue weighted by molar-refractivity contribution is -0.380. The molecule has 0 spiro atoms. The minimum Gasteiger partial charge on any atom is -0.347 e. The zero-order chi connectivity index (χ0) is 93.8. The summed E-state index contributed by atoms with van der Waals surface area (Å²) in [4.78, 5) is 0. The predicted molar refractivity (Wildman–Crippen MR) is 385 cm³/mol. The van der Waals surface area contributed by atoms with Crippen molar-refractivity contribution in [3.8, 4) is 0 Å². The van der Waals surface area contributed by atoms with Crippen LogP contribution in [0.3, 0.4) is 0 Å². The fourth-order valence-corrected chi connectivity index (χ4v) is 23.5. The first kappa shape index (κ1) is 107. The van der Waals surface area contributed by atoms with E-state index in [4.69, 9.17) is 46.3 Å². The van der Waals surface area contributed by atoms with Crippen molar-refractivity contribution in [2.45, 2.75) is 241 Å². The summed E-state index contributed by atoms with van der Waals surface area (Å²) >= 11 is 0. The van der Waals surface area contributed by atoms with Crippen LogP contribution >= 0.6 is 0 Å². The lowest BCUT2D eigenvalue weighted by Gasteiger charge is -2.61. The van der Waals surface area contributed by atoms with Gasteiger partial charge in [0, 0.05) is 0 Å². The molecular formula is C51H88O60S13. The fraction of sp³-hybridized carbons (Fsp3) is 1.00. The van der Waals surface area contributed by atoms with E-state index in [-0.39, 0.29) is 36.0 Å². The summed E-state index contributed by atoms with van der Waals surface area (Å²) in [7, 11) is -83.6. The summed E-state index contributed by atoms with van der Waals surface area (Å²) < 4.78 is 562. The standard InChI is InChI=1S/C51H88O60S13/c1-22(2)7-6-8-23(3)27-11-12-28-26-10-9-24-17-25(13-15-50(24,4)29(26)14-16-51(27,28)5)95-46-42(108-121(79,80)81)38(104-117(67,68)69)34(30(96-46)18-91-112(52,53)54)100-47-43(109-122(82,83)84)39(105-118(70,71)72)35(31(97-47)19-92-113(55,56)57)101-48-44(110-123(85,86)87)40(106-119(73,74)75)36(32(98-48)20-93-114(58,59)60)102-49-45(111-124(88,89)90)41(107-120(76,77)78)37(103-116(64,65)66)33(99-49)21-94-115(61,62)63/h22-49H,6-21H2,1-5H3,(H,52,53,54)(H,55,56,57)(H,58,59,60)(H,61,62,63)(H,64,65,66)(H,67,68,69)(H,70,71,72)(H,73,74,75)(H,76,77,78)(H,79,80,81)(H,82,83,84)(H,85,86,87)(H,88,89,90)/t23?,24-,25?,26-,27-,28-,29+,30?,31?,32?,33?,34?,35?,36?,37?,38?,39?,40?,41?,42?,43?,44?,45?,46?,47?,48?,49?,50-,51+/m1/s1. The molecule has 0 aromatic carbocycles. The van der Waals surface area contributed by atoms with Gasteiger partial charge in [-0.1, -0.05) is 53.9 Å². The minimum absolute atomic E-state index is 0.00149. The van der Waals surface area contributed by atoms with Gasteiger partial charge in [-0.15, -0.1) is 0 Å². The van der Waals surface area contributed by atoms with Crippen LogP contribution in [0.15, 0.2) is 0 Å². The van der Waals surface area contributed by atoms with E-state index in [0.717, 1.165) is 44.9 Å². The molecule has 730 valence electrons. The Kier molecular flexibility index (Phi) is 34.5.